The van der Waals surface area contributed by atoms with Crippen molar-refractivity contribution in [3.05, 3.63) is 30.5 Å². The maximum Gasteiger partial charge on any atom is 0.0686 e. The van der Waals surface area contributed by atoms with Crippen LogP contribution in [0, 0.1) is 0 Å². The summed E-state index contributed by atoms with van der Waals surface area (Å²) in [7, 11) is 0. The summed E-state index contributed by atoms with van der Waals surface area (Å²) in [6, 6.07) is 9.22. The molecule has 1 N–H and O–H groups in total. The van der Waals surface area contributed by atoms with Crippen LogP contribution in [0.3, 0.4) is 0 Å². The van der Waals surface area contributed by atoms with Gasteiger partial charge in [-0.3, -0.25) is 4.68 Å². The number of nitrogens with zero attached hydrogens (tertiary/aromatic N) is 2. The van der Waals surface area contributed by atoms with Gasteiger partial charge in [0.2, 0.25) is 0 Å². The average Bonchev–Trinajstić information content (AvgIpc) is 2.79. The molecule has 1 aromatic carbocycles. The number of fused-ring (bicyclic) bond motifs is 1. The zero-order chi connectivity index (χ0) is 12.3. The summed E-state index contributed by atoms with van der Waals surface area (Å²) in [5.41, 5.74) is 1.22. The van der Waals surface area contributed by atoms with Crippen molar-refractivity contribution in [2.45, 2.75) is 39.3 Å². The van der Waals surface area contributed by atoms with E-state index >= 15 is 0 Å². The van der Waals surface area contributed by atoms with Crippen molar-refractivity contribution in [1.82, 2.24) is 15.1 Å². The predicted molar refractivity (Wildman–Crippen MR) is 72.2 cm³/mol. The van der Waals surface area contributed by atoms with E-state index in [4.69, 9.17) is 0 Å². The van der Waals surface area contributed by atoms with Crippen LogP contribution in [0.1, 0.15) is 33.2 Å². The summed E-state index contributed by atoms with van der Waals surface area (Å²) in [6.07, 6.45) is 3.06. The molecule has 2 atom stereocenters. The molecule has 0 aliphatic rings. The minimum absolute atomic E-state index is 0.375. The molecular formula is C14H21N3. The van der Waals surface area contributed by atoms with Gasteiger partial charge in [-0.2, -0.15) is 5.10 Å². The largest absolute Gasteiger partial charge is 0.312 e. The number of nitrogens with one attached hydrogen (secondary N) is 1. The number of benzene rings is 1. The lowest BCUT2D eigenvalue weighted by atomic mass is 10.1. The lowest BCUT2D eigenvalue weighted by molar-refractivity contribution is 0.351. The van der Waals surface area contributed by atoms with Crippen LogP contribution in [-0.4, -0.2) is 22.4 Å². The van der Waals surface area contributed by atoms with Crippen LogP contribution in [0.25, 0.3) is 10.9 Å². The number of likely N-dealkylation sites (N-methyl/N-ethyl adjacent to an activating group) is 1. The minimum Gasteiger partial charge on any atom is -0.312 e. The number of para-hydroxylation sites is 1. The standard InChI is InChI=1S/C14H21N3/c1-4-13(15-5-2)11(3)17-14-9-7-6-8-12(14)10-16-17/h6-11,13,15H,4-5H2,1-3H3. The quantitative estimate of drug-likeness (QED) is 0.857. The third-order valence-electron chi connectivity index (χ3n) is 3.38. The molecule has 17 heavy (non-hydrogen) atoms. The lowest BCUT2D eigenvalue weighted by Crippen LogP contribution is -2.36. The molecule has 0 bridgehead atoms. The van der Waals surface area contributed by atoms with E-state index in [0.717, 1.165) is 13.0 Å². The first kappa shape index (κ1) is 12.1. The summed E-state index contributed by atoms with van der Waals surface area (Å²) < 4.78 is 2.13. The van der Waals surface area contributed by atoms with Crippen molar-refractivity contribution in [1.29, 1.82) is 0 Å². The van der Waals surface area contributed by atoms with Gasteiger partial charge in [-0.25, -0.2) is 0 Å². The fraction of sp³-hybridized carbons (Fsp3) is 0.500. The Morgan fingerprint density at radius 2 is 2.06 bits per heavy atom. The first-order chi connectivity index (χ1) is 8.27. The monoisotopic (exact) mass is 231 g/mol. The van der Waals surface area contributed by atoms with E-state index < -0.39 is 0 Å². The van der Waals surface area contributed by atoms with Crippen LogP contribution in [0.2, 0.25) is 0 Å². The van der Waals surface area contributed by atoms with Crippen LogP contribution in [0.4, 0.5) is 0 Å². The van der Waals surface area contributed by atoms with Crippen molar-refractivity contribution in [3.63, 3.8) is 0 Å². The molecular weight excluding hydrogens is 210 g/mol. The Labute approximate surface area is 103 Å². The number of rotatable bonds is 5. The van der Waals surface area contributed by atoms with Gasteiger partial charge in [0.1, 0.15) is 0 Å². The van der Waals surface area contributed by atoms with Crippen LogP contribution in [0.5, 0.6) is 0 Å². The molecule has 3 nitrogen and oxygen atoms in total. The van der Waals surface area contributed by atoms with Gasteiger partial charge in [-0.05, 0) is 26.0 Å². The second-order valence-electron chi connectivity index (χ2n) is 4.46. The number of hydrogen-bond acceptors (Lipinski definition) is 2. The zero-order valence-corrected chi connectivity index (χ0v) is 10.9. The van der Waals surface area contributed by atoms with Gasteiger partial charge >= 0.3 is 0 Å². The molecule has 1 aromatic heterocycles. The fourth-order valence-electron chi connectivity index (χ4n) is 2.41. The Morgan fingerprint density at radius 3 is 2.76 bits per heavy atom. The highest BCUT2D eigenvalue weighted by atomic mass is 15.3. The molecule has 1 heterocycles. The summed E-state index contributed by atoms with van der Waals surface area (Å²) in [5.74, 6) is 0. The van der Waals surface area contributed by atoms with Gasteiger partial charge in [0.15, 0.2) is 0 Å². The van der Waals surface area contributed by atoms with Crippen LogP contribution in [-0.2, 0) is 0 Å². The van der Waals surface area contributed by atoms with Gasteiger partial charge in [-0.15, -0.1) is 0 Å². The second-order valence-corrected chi connectivity index (χ2v) is 4.46. The summed E-state index contributed by atoms with van der Waals surface area (Å²) in [4.78, 5) is 0. The Bertz CT molecular complexity index is 475. The SMILES string of the molecule is CCNC(CC)C(C)n1ncc2ccccc21. The van der Waals surface area contributed by atoms with E-state index in [2.05, 4.69) is 60.1 Å². The van der Waals surface area contributed by atoms with Crippen molar-refractivity contribution in [2.24, 2.45) is 0 Å². The van der Waals surface area contributed by atoms with Crippen LogP contribution in [0.15, 0.2) is 30.5 Å². The normalized spacial score (nSPS) is 15.0. The maximum absolute atomic E-state index is 4.52. The third-order valence-corrected chi connectivity index (χ3v) is 3.38. The van der Waals surface area contributed by atoms with E-state index in [1.165, 1.54) is 10.9 Å². The van der Waals surface area contributed by atoms with Crippen LogP contribution < -0.4 is 5.32 Å². The topological polar surface area (TPSA) is 29.9 Å². The van der Waals surface area contributed by atoms with E-state index in [1.807, 2.05) is 6.20 Å². The van der Waals surface area contributed by atoms with Crippen molar-refractivity contribution >= 4 is 10.9 Å². The molecule has 0 saturated heterocycles. The Morgan fingerprint density at radius 1 is 1.29 bits per heavy atom. The molecule has 0 radical (unpaired) electrons. The van der Waals surface area contributed by atoms with E-state index in [1.54, 1.807) is 0 Å². The second kappa shape index (κ2) is 5.32. The van der Waals surface area contributed by atoms with Gasteiger partial charge in [0.25, 0.3) is 0 Å². The molecule has 3 heteroatoms. The van der Waals surface area contributed by atoms with E-state index in [0.29, 0.717) is 12.1 Å². The average molecular weight is 231 g/mol. The molecule has 2 unspecified atom stereocenters. The van der Waals surface area contributed by atoms with Gasteiger partial charge in [0, 0.05) is 11.4 Å². The molecule has 0 fully saturated rings. The van der Waals surface area contributed by atoms with Crippen molar-refractivity contribution in [3.8, 4) is 0 Å². The number of aromatic nitrogens is 2. The van der Waals surface area contributed by atoms with Crippen LogP contribution >= 0.6 is 0 Å². The van der Waals surface area contributed by atoms with Gasteiger partial charge in [-0.1, -0.05) is 32.0 Å². The van der Waals surface area contributed by atoms with E-state index in [-0.39, 0.29) is 0 Å². The highest BCUT2D eigenvalue weighted by Gasteiger charge is 2.18. The van der Waals surface area contributed by atoms with Gasteiger partial charge < -0.3 is 5.32 Å². The molecule has 0 aliphatic heterocycles. The Balaban J connectivity index is 2.32. The molecule has 92 valence electrons. The highest BCUT2D eigenvalue weighted by Crippen LogP contribution is 2.20. The number of hydrogen-bond donors (Lipinski definition) is 1. The zero-order valence-electron chi connectivity index (χ0n) is 10.9. The molecule has 0 amide bonds. The summed E-state index contributed by atoms with van der Waals surface area (Å²) >= 11 is 0. The minimum atomic E-state index is 0.375. The Hall–Kier alpha value is -1.35. The smallest absolute Gasteiger partial charge is 0.0686 e. The summed E-state index contributed by atoms with van der Waals surface area (Å²) in [5, 5.41) is 9.26. The van der Waals surface area contributed by atoms with Gasteiger partial charge in [0.05, 0.1) is 17.8 Å². The maximum atomic E-state index is 4.52. The molecule has 0 spiro atoms. The highest BCUT2D eigenvalue weighted by molar-refractivity contribution is 5.78. The molecule has 2 aromatic rings. The van der Waals surface area contributed by atoms with Crippen molar-refractivity contribution in [2.75, 3.05) is 6.54 Å². The predicted octanol–water partition coefficient (Wildman–Crippen LogP) is 2.99. The fourth-order valence-corrected chi connectivity index (χ4v) is 2.41. The van der Waals surface area contributed by atoms with E-state index in [9.17, 15) is 0 Å². The Kier molecular flexibility index (Phi) is 3.79. The molecule has 2 rings (SSSR count). The first-order valence-corrected chi connectivity index (χ1v) is 6.43. The summed E-state index contributed by atoms with van der Waals surface area (Å²) in [6.45, 7) is 7.60. The van der Waals surface area contributed by atoms with Crippen molar-refractivity contribution < 1.29 is 0 Å². The molecule has 0 saturated carbocycles. The third kappa shape index (κ3) is 2.34. The first-order valence-electron chi connectivity index (χ1n) is 6.43. The molecule has 0 aliphatic carbocycles. The lowest BCUT2D eigenvalue weighted by Gasteiger charge is -2.24.